The minimum atomic E-state index is -0.0515. The van der Waals surface area contributed by atoms with Gasteiger partial charge in [0, 0.05) is 13.1 Å². The van der Waals surface area contributed by atoms with Crippen LogP contribution in [0, 0.1) is 9.49 Å². The third-order valence-corrected chi connectivity index (χ3v) is 4.37. The lowest BCUT2D eigenvalue weighted by Crippen LogP contribution is -2.37. The average Bonchev–Trinajstić information content (AvgIpc) is 2.41. The standard InChI is InChI=1S/C12H19IN4O/c1-2-17(7-9-3-5-14-6-4-9)11-10(13)12(18)16-8-15-11/h8-9,14H,2-7H2,1H3,(H,15,16,18). The molecule has 1 aliphatic rings. The number of hydrogen-bond acceptors (Lipinski definition) is 4. The van der Waals surface area contributed by atoms with Crippen molar-refractivity contribution in [2.75, 3.05) is 31.1 Å². The second-order valence-corrected chi connectivity index (χ2v) is 5.68. The quantitative estimate of drug-likeness (QED) is 0.791. The van der Waals surface area contributed by atoms with Crippen LogP contribution in [-0.2, 0) is 0 Å². The Morgan fingerprint density at radius 2 is 2.22 bits per heavy atom. The third-order valence-electron chi connectivity index (χ3n) is 3.40. The maximum absolute atomic E-state index is 11.6. The first-order chi connectivity index (χ1) is 8.72. The zero-order valence-electron chi connectivity index (χ0n) is 10.6. The van der Waals surface area contributed by atoms with Crippen molar-refractivity contribution in [3.8, 4) is 0 Å². The normalized spacial score (nSPS) is 16.8. The summed E-state index contributed by atoms with van der Waals surface area (Å²) in [7, 11) is 0. The van der Waals surface area contributed by atoms with Crippen LogP contribution < -0.4 is 15.8 Å². The molecule has 0 radical (unpaired) electrons. The summed E-state index contributed by atoms with van der Waals surface area (Å²) in [4.78, 5) is 20.8. The first-order valence-corrected chi connectivity index (χ1v) is 7.49. The summed E-state index contributed by atoms with van der Waals surface area (Å²) in [6.45, 7) is 6.19. The first-order valence-electron chi connectivity index (χ1n) is 6.41. The van der Waals surface area contributed by atoms with E-state index in [2.05, 4.69) is 49.7 Å². The maximum atomic E-state index is 11.6. The number of H-pyrrole nitrogens is 1. The van der Waals surface area contributed by atoms with Crippen LogP contribution in [0.4, 0.5) is 5.82 Å². The van der Waals surface area contributed by atoms with E-state index >= 15 is 0 Å². The van der Waals surface area contributed by atoms with Crippen molar-refractivity contribution in [1.82, 2.24) is 15.3 Å². The van der Waals surface area contributed by atoms with Gasteiger partial charge in [-0.1, -0.05) is 0 Å². The second kappa shape index (κ2) is 6.51. The van der Waals surface area contributed by atoms with Crippen LogP contribution in [-0.4, -0.2) is 36.1 Å². The minimum Gasteiger partial charge on any atom is -0.356 e. The van der Waals surface area contributed by atoms with Gasteiger partial charge in [-0.15, -0.1) is 0 Å². The van der Waals surface area contributed by atoms with Crippen molar-refractivity contribution in [3.05, 3.63) is 20.3 Å². The lowest BCUT2D eigenvalue weighted by atomic mass is 9.97. The predicted octanol–water partition coefficient (Wildman–Crippen LogP) is 1.20. The molecule has 0 bridgehead atoms. The van der Waals surface area contributed by atoms with Gasteiger partial charge in [-0.3, -0.25) is 4.79 Å². The van der Waals surface area contributed by atoms with Gasteiger partial charge in [-0.25, -0.2) is 4.98 Å². The van der Waals surface area contributed by atoms with Crippen molar-refractivity contribution >= 4 is 28.4 Å². The fourth-order valence-corrected chi connectivity index (χ4v) is 2.97. The molecule has 0 saturated carbocycles. The highest BCUT2D eigenvalue weighted by atomic mass is 127. The Labute approximate surface area is 121 Å². The number of aromatic nitrogens is 2. The van der Waals surface area contributed by atoms with Gasteiger partial charge in [0.1, 0.15) is 9.39 Å². The summed E-state index contributed by atoms with van der Waals surface area (Å²) in [5, 5.41) is 3.38. The van der Waals surface area contributed by atoms with Crippen molar-refractivity contribution in [1.29, 1.82) is 0 Å². The van der Waals surface area contributed by atoms with Gasteiger partial charge >= 0.3 is 0 Å². The SMILES string of the molecule is CCN(CC1CCNCC1)c1nc[nH]c(=O)c1I. The van der Waals surface area contributed by atoms with Gasteiger partial charge in [0.25, 0.3) is 5.56 Å². The minimum absolute atomic E-state index is 0.0515. The number of hydrogen-bond donors (Lipinski definition) is 2. The fraction of sp³-hybridized carbons (Fsp3) is 0.667. The lowest BCUT2D eigenvalue weighted by molar-refractivity contribution is 0.374. The molecule has 2 N–H and O–H groups in total. The molecule has 2 heterocycles. The number of piperidine rings is 1. The largest absolute Gasteiger partial charge is 0.356 e. The smallest absolute Gasteiger partial charge is 0.266 e. The van der Waals surface area contributed by atoms with E-state index < -0.39 is 0 Å². The van der Waals surface area contributed by atoms with Gasteiger partial charge in [-0.2, -0.15) is 0 Å². The highest BCUT2D eigenvalue weighted by molar-refractivity contribution is 14.1. The topological polar surface area (TPSA) is 61.0 Å². The van der Waals surface area contributed by atoms with Gasteiger partial charge in [0.05, 0.1) is 6.33 Å². The molecule has 2 rings (SSSR count). The molecule has 0 unspecified atom stereocenters. The van der Waals surface area contributed by atoms with Gasteiger partial charge < -0.3 is 15.2 Å². The molecule has 1 fully saturated rings. The third kappa shape index (κ3) is 3.23. The van der Waals surface area contributed by atoms with E-state index in [4.69, 9.17) is 0 Å². The van der Waals surface area contributed by atoms with E-state index in [1.807, 2.05) is 0 Å². The van der Waals surface area contributed by atoms with E-state index in [9.17, 15) is 4.79 Å². The van der Waals surface area contributed by atoms with Gasteiger partial charge in [-0.05, 0) is 61.4 Å². The zero-order chi connectivity index (χ0) is 13.0. The van der Waals surface area contributed by atoms with E-state index in [0.29, 0.717) is 9.49 Å². The van der Waals surface area contributed by atoms with Gasteiger partial charge in [0.2, 0.25) is 0 Å². The van der Waals surface area contributed by atoms with Crippen LogP contribution in [0.25, 0.3) is 0 Å². The summed E-state index contributed by atoms with van der Waals surface area (Å²) < 4.78 is 0.686. The molecule has 0 amide bonds. The molecule has 0 aromatic carbocycles. The Balaban J connectivity index is 2.12. The molecule has 1 saturated heterocycles. The number of anilines is 1. The van der Waals surface area contributed by atoms with E-state index in [-0.39, 0.29) is 5.56 Å². The average molecular weight is 362 g/mol. The molecular formula is C12H19IN4O. The summed E-state index contributed by atoms with van der Waals surface area (Å²) in [6.07, 6.45) is 3.90. The molecule has 100 valence electrons. The molecule has 18 heavy (non-hydrogen) atoms. The highest BCUT2D eigenvalue weighted by Crippen LogP contribution is 2.20. The van der Waals surface area contributed by atoms with Crippen molar-refractivity contribution in [2.24, 2.45) is 5.92 Å². The molecule has 1 aliphatic heterocycles. The van der Waals surface area contributed by atoms with Crippen LogP contribution in [0.2, 0.25) is 0 Å². The summed E-state index contributed by atoms with van der Waals surface area (Å²) in [5.74, 6) is 1.52. The molecule has 0 atom stereocenters. The molecule has 1 aromatic rings. The number of aromatic amines is 1. The van der Waals surface area contributed by atoms with E-state index in [1.54, 1.807) is 0 Å². The van der Waals surface area contributed by atoms with E-state index in [1.165, 1.54) is 19.2 Å². The Morgan fingerprint density at radius 1 is 1.50 bits per heavy atom. The Bertz CT molecular complexity index is 442. The first kappa shape index (κ1) is 13.8. The number of halogens is 1. The van der Waals surface area contributed by atoms with E-state index in [0.717, 1.165) is 32.0 Å². The number of nitrogens with zero attached hydrogens (tertiary/aromatic N) is 2. The van der Waals surface area contributed by atoms with Crippen LogP contribution >= 0.6 is 22.6 Å². The molecule has 5 nitrogen and oxygen atoms in total. The van der Waals surface area contributed by atoms with Crippen LogP contribution in [0.15, 0.2) is 11.1 Å². The second-order valence-electron chi connectivity index (χ2n) is 4.60. The highest BCUT2D eigenvalue weighted by Gasteiger charge is 2.19. The van der Waals surface area contributed by atoms with Crippen molar-refractivity contribution in [2.45, 2.75) is 19.8 Å². The van der Waals surface area contributed by atoms with Crippen molar-refractivity contribution in [3.63, 3.8) is 0 Å². The van der Waals surface area contributed by atoms with Gasteiger partial charge in [0.15, 0.2) is 0 Å². The Hall–Kier alpha value is -0.630. The maximum Gasteiger partial charge on any atom is 0.266 e. The molecular weight excluding hydrogens is 343 g/mol. The molecule has 6 heteroatoms. The molecule has 0 spiro atoms. The Morgan fingerprint density at radius 3 is 2.89 bits per heavy atom. The zero-order valence-corrected chi connectivity index (χ0v) is 12.7. The van der Waals surface area contributed by atoms with Crippen molar-refractivity contribution < 1.29 is 0 Å². The number of rotatable bonds is 4. The van der Waals surface area contributed by atoms with Crippen LogP contribution in [0.1, 0.15) is 19.8 Å². The van der Waals surface area contributed by atoms with Crippen LogP contribution in [0.3, 0.4) is 0 Å². The monoisotopic (exact) mass is 362 g/mol. The van der Waals surface area contributed by atoms with Crippen LogP contribution in [0.5, 0.6) is 0 Å². The number of nitrogens with one attached hydrogen (secondary N) is 2. The fourth-order valence-electron chi connectivity index (χ4n) is 2.34. The summed E-state index contributed by atoms with van der Waals surface area (Å²) in [5.41, 5.74) is -0.0515. The molecule has 1 aromatic heterocycles. The summed E-state index contributed by atoms with van der Waals surface area (Å²) >= 11 is 2.08. The lowest BCUT2D eigenvalue weighted by Gasteiger charge is -2.30. The predicted molar refractivity (Wildman–Crippen MR) is 81.1 cm³/mol. The molecule has 0 aliphatic carbocycles. The Kier molecular flexibility index (Phi) is 4.99. The summed E-state index contributed by atoms with van der Waals surface area (Å²) in [6, 6.07) is 0.